The van der Waals surface area contributed by atoms with Crippen LogP contribution in [0.5, 0.6) is 0 Å². The van der Waals surface area contributed by atoms with Crippen LogP contribution in [-0.4, -0.2) is 31.8 Å². The molecule has 0 aromatic heterocycles. The molecule has 1 aromatic carbocycles. The first-order valence-corrected chi connectivity index (χ1v) is 14.1. The molecule has 5 nitrogen and oxygen atoms in total. The number of hydrogen-bond acceptors (Lipinski definition) is 5. The smallest absolute Gasteiger partial charge is 0.305 e. The lowest BCUT2D eigenvalue weighted by molar-refractivity contribution is -0.149. The first-order valence-electron chi connectivity index (χ1n) is 14.1. The van der Waals surface area contributed by atoms with Crippen LogP contribution in [0, 0.1) is 5.92 Å². The van der Waals surface area contributed by atoms with E-state index in [1.165, 1.54) is 44.1 Å². The Labute approximate surface area is 214 Å². The summed E-state index contributed by atoms with van der Waals surface area (Å²) in [5.41, 5.74) is 1.17. The molecule has 200 valence electrons. The highest BCUT2D eigenvalue weighted by Crippen LogP contribution is 2.14. The number of unbranched alkanes of at least 4 members (excludes halogenated alkanes) is 9. The second-order valence-electron chi connectivity index (χ2n) is 9.59. The highest BCUT2D eigenvalue weighted by atomic mass is 16.5. The van der Waals surface area contributed by atoms with Crippen molar-refractivity contribution in [2.45, 2.75) is 117 Å². The first-order chi connectivity index (χ1) is 17.2. The molecule has 0 fully saturated rings. The Morgan fingerprint density at radius 2 is 1.23 bits per heavy atom. The van der Waals surface area contributed by atoms with Gasteiger partial charge in [0.25, 0.3) is 0 Å². The molecule has 0 bridgehead atoms. The molecule has 0 unspecified atom stereocenters. The summed E-state index contributed by atoms with van der Waals surface area (Å²) in [6.07, 6.45) is 14.8. The Morgan fingerprint density at radius 1 is 0.686 bits per heavy atom. The topological polar surface area (TPSA) is 61.8 Å². The molecule has 0 aliphatic heterocycles. The Morgan fingerprint density at radius 3 is 1.77 bits per heavy atom. The van der Waals surface area contributed by atoms with Crippen LogP contribution in [0.3, 0.4) is 0 Å². The predicted molar refractivity (Wildman–Crippen MR) is 142 cm³/mol. The lowest BCUT2D eigenvalue weighted by Crippen LogP contribution is -2.21. The first kappa shape index (κ1) is 31.2. The van der Waals surface area contributed by atoms with Gasteiger partial charge in [-0.3, -0.25) is 9.59 Å². The van der Waals surface area contributed by atoms with E-state index in [-0.39, 0.29) is 17.9 Å². The van der Waals surface area contributed by atoms with Crippen LogP contribution in [-0.2, 0) is 30.4 Å². The zero-order chi connectivity index (χ0) is 25.4. The van der Waals surface area contributed by atoms with E-state index >= 15 is 0 Å². The van der Waals surface area contributed by atoms with Crippen LogP contribution in [0.4, 0.5) is 0 Å². The highest BCUT2D eigenvalue weighted by molar-refractivity contribution is 5.69. The Bertz CT molecular complexity index is 601. The third-order valence-corrected chi connectivity index (χ3v) is 6.19. The quantitative estimate of drug-likeness (QED) is 0.116. The van der Waals surface area contributed by atoms with Gasteiger partial charge in [-0.15, -0.1) is 0 Å². The molecule has 0 spiro atoms. The minimum absolute atomic E-state index is 0.0391. The molecule has 0 saturated carbocycles. The van der Waals surface area contributed by atoms with Gasteiger partial charge in [-0.2, -0.15) is 0 Å². The SMILES string of the molecule is CCCCCCCC(=O)OCC(CCCCOCc1ccccc1)COC(=O)CCCCCCC. The third kappa shape index (κ3) is 19.0. The molecule has 0 amide bonds. The maximum absolute atomic E-state index is 12.1. The Hall–Kier alpha value is -1.88. The lowest BCUT2D eigenvalue weighted by atomic mass is 10.0. The predicted octanol–water partition coefficient (Wildman–Crippen LogP) is 7.80. The molecule has 0 radical (unpaired) electrons. The van der Waals surface area contributed by atoms with Crippen molar-refractivity contribution < 1.29 is 23.8 Å². The molecule has 0 N–H and O–H groups in total. The molecular formula is C30H50O5. The molecule has 1 aromatic rings. The van der Waals surface area contributed by atoms with Crippen molar-refractivity contribution in [1.29, 1.82) is 0 Å². The molecule has 0 saturated heterocycles. The van der Waals surface area contributed by atoms with E-state index in [1.807, 2.05) is 18.2 Å². The molecule has 1 rings (SSSR count). The van der Waals surface area contributed by atoms with Crippen molar-refractivity contribution >= 4 is 11.9 Å². The lowest BCUT2D eigenvalue weighted by Gasteiger charge is -2.17. The number of benzene rings is 1. The van der Waals surface area contributed by atoms with Crippen LogP contribution in [0.2, 0.25) is 0 Å². The molecule has 0 atom stereocenters. The van der Waals surface area contributed by atoms with Crippen molar-refractivity contribution in [2.75, 3.05) is 19.8 Å². The Kier molecular flexibility index (Phi) is 20.1. The zero-order valence-electron chi connectivity index (χ0n) is 22.4. The number of esters is 2. The van der Waals surface area contributed by atoms with Crippen molar-refractivity contribution in [1.82, 2.24) is 0 Å². The highest BCUT2D eigenvalue weighted by Gasteiger charge is 2.15. The number of carbonyl (C=O) groups excluding carboxylic acids is 2. The van der Waals surface area contributed by atoms with Crippen LogP contribution in [0.25, 0.3) is 0 Å². The van der Waals surface area contributed by atoms with Gasteiger partial charge in [0.1, 0.15) is 0 Å². The van der Waals surface area contributed by atoms with Gasteiger partial charge in [-0.25, -0.2) is 0 Å². The number of hydrogen-bond donors (Lipinski definition) is 0. The van der Waals surface area contributed by atoms with Gasteiger partial charge in [0.15, 0.2) is 0 Å². The van der Waals surface area contributed by atoms with E-state index in [0.717, 1.165) is 44.9 Å². The monoisotopic (exact) mass is 490 g/mol. The van der Waals surface area contributed by atoms with Gasteiger partial charge in [-0.1, -0.05) is 102 Å². The van der Waals surface area contributed by atoms with Crippen LogP contribution < -0.4 is 0 Å². The minimum Gasteiger partial charge on any atom is -0.465 e. The molecule has 5 heteroatoms. The summed E-state index contributed by atoms with van der Waals surface area (Å²) in [6, 6.07) is 10.2. The fourth-order valence-electron chi connectivity index (χ4n) is 3.93. The molecular weight excluding hydrogens is 440 g/mol. The summed E-state index contributed by atoms with van der Waals surface area (Å²) >= 11 is 0. The van der Waals surface area contributed by atoms with E-state index in [9.17, 15) is 9.59 Å². The normalized spacial score (nSPS) is 11.1. The van der Waals surface area contributed by atoms with Crippen molar-refractivity contribution in [3.63, 3.8) is 0 Å². The molecule has 0 heterocycles. The van der Waals surface area contributed by atoms with E-state index < -0.39 is 0 Å². The van der Waals surface area contributed by atoms with Gasteiger partial charge >= 0.3 is 11.9 Å². The summed E-state index contributed by atoms with van der Waals surface area (Å²) in [5, 5.41) is 0. The number of rotatable bonds is 23. The zero-order valence-corrected chi connectivity index (χ0v) is 22.4. The van der Waals surface area contributed by atoms with E-state index in [0.29, 0.717) is 39.3 Å². The average molecular weight is 491 g/mol. The van der Waals surface area contributed by atoms with Gasteiger partial charge in [0.05, 0.1) is 19.8 Å². The number of carbonyl (C=O) groups is 2. The maximum Gasteiger partial charge on any atom is 0.305 e. The summed E-state index contributed by atoms with van der Waals surface area (Å²) in [4.78, 5) is 24.3. The minimum atomic E-state index is -0.139. The van der Waals surface area contributed by atoms with Crippen LogP contribution in [0.1, 0.15) is 116 Å². The van der Waals surface area contributed by atoms with Crippen molar-refractivity contribution in [3.05, 3.63) is 35.9 Å². The average Bonchev–Trinajstić information content (AvgIpc) is 2.87. The standard InChI is InChI=1S/C30H50O5/c1-3-5-7-9-14-21-29(31)34-25-28(26-35-30(32)22-15-10-8-6-4-2)20-16-17-23-33-24-27-18-12-11-13-19-27/h11-13,18-19,28H,3-10,14-17,20-26H2,1-2H3. The van der Waals surface area contributed by atoms with Crippen molar-refractivity contribution in [3.8, 4) is 0 Å². The molecule has 0 aliphatic carbocycles. The van der Waals surface area contributed by atoms with Gasteiger partial charge in [0.2, 0.25) is 0 Å². The summed E-state index contributed by atoms with van der Waals surface area (Å²) < 4.78 is 16.9. The third-order valence-electron chi connectivity index (χ3n) is 6.19. The van der Waals surface area contributed by atoms with Crippen LogP contribution >= 0.6 is 0 Å². The van der Waals surface area contributed by atoms with E-state index in [4.69, 9.17) is 14.2 Å². The maximum atomic E-state index is 12.1. The summed E-state index contributed by atoms with van der Waals surface area (Å²) in [7, 11) is 0. The number of ether oxygens (including phenoxy) is 3. The second-order valence-corrected chi connectivity index (χ2v) is 9.59. The van der Waals surface area contributed by atoms with Crippen molar-refractivity contribution in [2.24, 2.45) is 5.92 Å². The fraction of sp³-hybridized carbons (Fsp3) is 0.733. The van der Waals surface area contributed by atoms with Crippen LogP contribution in [0.15, 0.2) is 30.3 Å². The summed E-state index contributed by atoms with van der Waals surface area (Å²) in [5.74, 6) is -0.239. The van der Waals surface area contributed by atoms with Gasteiger partial charge in [-0.05, 0) is 31.2 Å². The largest absolute Gasteiger partial charge is 0.465 e. The summed E-state index contributed by atoms with van der Waals surface area (Å²) in [6.45, 7) is 6.32. The van der Waals surface area contributed by atoms with Gasteiger partial charge < -0.3 is 14.2 Å². The van der Waals surface area contributed by atoms with Gasteiger partial charge in [0, 0.05) is 25.4 Å². The Balaban J connectivity index is 2.29. The second kappa shape index (κ2) is 22.6. The fourth-order valence-corrected chi connectivity index (χ4v) is 3.93. The van der Waals surface area contributed by atoms with E-state index in [2.05, 4.69) is 26.0 Å². The molecule has 35 heavy (non-hydrogen) atoms. The molecule has 0 aliphatic rings. The van der Waals surface area contributed by atoms with E-state index in [1.54, 1.807) is 0 Å².